The SMILES string of the molecule is COc1cccc([C@@H](CNC(=O)[C@@H](C)n2cccn2)N2CCCC2)c1. The zero-order chi connectivity index (χ0) is 17.6. The monoisotopic (exact) mass is 342 g/mol. The molecule has 2 aromatic rings. The number of aromatic nitrogens is 2. The molecule has 2 heterocycles. The Kier molecular flexibility index (Phi) is 5.71. The van der Waals surface area contributed by atoms with E-state index in [0.717, 1.165) is 18.8 Å². The maximum Gasteiger partial charge on any atom is 0.244 e. The van der Waals surface area contributed by atoms with Gasteiger partial charge in [-0.1, -0.05) is 12.1 Å². The van der Waals surface area contributed by atoms with E-state index in [9.17, 15) is 4.79 Å². The minimum atomic E-state index is -0.320. The number of likely N-dealkylation sites (tertiary alicyclic amines) is 1. The van der Waals surface area contributed by atoms with Crippen molar-refractivity contribution in [3.63, 3.8) is 0 Å². The highest BCUT2D eigenvalue weighted by Crippen LogP contribution is 2.27. The largest absolute Gasteiger partial charge is 0.497 e. The third kappa shape index (κ3) is 4.20. The maximum absolute atomic E-state index is 12.5. The van der Waals surface area contributed by atoms with E-state index in [2.05, 4.69) is 27.4 Å². The first-order valence-corrected chi connectivity index (χ1v) is 8.84. The fourth-order valence-corrected chi connectivity index (χ4v) is 3.33. The molecule has 0 radical (unpaired) electrons. The molecule has 0 saturated carbocycles. The Morgan fingerprint density at radius 3 is 2.80 bits per heavy atom. The molecule has 1 aliphatic heterocycles. The lowest BCUT2D eigenvalue weighted by atomic mass is 10.0. The van der Waals surface area contributed by atoms with Crippen LogP contribution in [0.1, 0.15) is 37.4 Å². The number of rotatable bonds is 7. The van der Waals surface area contributed by atoms with Gasteiger partial charge in [-0.05, 0) is 56.6 Å². The summed E-state index contributed by atoms with van der Waals surface area (Å²) in [6, 6.07) is 9.79. The Labute approximate surface area is 148 Å². The van der Waals surface area contributed by atoms with E-state index in [1.54, 1.807) is 18.0 Å². The summed E-state index contributed by atoms with van der Waals surface area (Å²) in [5, 5.41) is 7.25. The van der Waals surface area contributed by atoms with Crippen LogP contribution in [-0.4, -0.2) is 47.3 Å². The van der Waals surface area contributed by atoms with Crippen molar-refractivity contribution in [1.82, 2.24) is 20.0 Å². The molecule has 2 atom stereocenters. The van der Waals surface area contributed by atoms with Crippen molar-refractivity contribution in [2.45, 2.75) is 31.8 Å². The van der Waals surface area contributed by atoms with Crippen molar-refractivity contribution >= 4 is 5.91 Å². The third-order valence-electron chi connectivity index (χ3n) is 4.83. The predicted molar refractivity (Wildman–Crippen MR) is 96.5 cm³/mol. The van der Waals surface area contributed by atoms with E-state index in [-0.39, 0.29) is 18.0 Å². The molecular weight excluding hydrogens is 316 g/mol. The fourth-order valence-electron chi connectivity index (χ4n) is 3.33. The topological polar surface area (TPSA) is 59.4 Å². The average molecular weight is 342 g/mol. The molecule has 1 aliphatic rings. The van der Waals surface area contributed by atoms with Gasteiger partial charge in [-0.2, -0.15) is 5.10 Å². The van der Waals surface area contributed by atoms with Gasteiger partial charge in [0, 0.05) is 18.9 Å². The standard InChI is InChI=1S/C19H26N4O2/c1-15(23-12-6-9-21-23)19(24)20-14-18(22-10-3-4-11-22)16-7-5-8-17(13-16)25-2/h5-9,12-13,15,18H,3-4,10-11,14H2,1-2H3,(H,20,24)/t15-,18-/m1/s1. The van der Waals surface area contributed by atoms with Gasteiger partial charge < -0.3 is 10.1 Å². The van der Waals surface area contributed by atoms with E-state index < -0.39 is 0 Å². The summed E-state index contributed by atoms with van der Waals surface area (Å²) in [7, 11) is 1.68. The Morgan fingerprint density at radius 1 is 1.32 bits per heavy atom. The number of nitrogens with one attached hydrogen (secondary N) is 1. The van der Waals surface area contributed by atoms with Crippen molar-refractivity contribution in [1.29, 1.82) is 0 Å². The Hall–Kier alpha value is -2.34. The van der Waals surface area contributed by atoms with Gasteiger partial charge >= 0.3 is 0 Å². The molecule has 0 spiro atoms. The number of benzene rings is 1. The van der Waals surface area contributed by atoms with E-state index in [0.29, 0.717) is 6.54 Å². The number of hydrogen-bond donors (Lipinski definition) is 1. The highest BCUT2D eigenvalue weighted by atomic mass is 16.5. The zero-order valence-corrected chi connectivity index (χ0v) is 14.9. The predicted octanol–water partition coefficient (Wildman–Crippen LogP) is 2.41. The first kappa shape index (κ1) is 17.5. The van der Waals surface area contributed by atoms with Gasteiger partial charge in [0.15, 0.2) is 0 Å². The molecule has 1 aromatic heterocycles. The highest BCUT2D eigenvalue weighted by molar-refractivity contribution is 5.79. The van der Waals surface area contributed by atoms with Crippen LogP contribution in [0.15, 0.2) is 42.7 Å². The van der Waals surface area contributed by atoms with Crippen LogP contribution in [0.4, 0.5) is 0 Å². The zero-order valence-electron chi connectivity index (χ0n) is 14.9. The number of methoxy groups -OCH3 is 1. The molecule has 134 valence electrons. The lowest BCUT2D eigenvalue weighted by Crippen LogP contribution is -2.39. The molecule has 0 bridgehead atoms. The summed E-state index contributed by atoms with van der Waals surface area (Å²) in [5.41, 5.74) is 1.17. The van der Waals surface area contributed by atoms with Crippen LogP contribution < -0.4 is 10.1 Å². The second-order valence-electron chi connectivity index (χ2n) is 6.44. The Bertz CT molecular complexity index is 680. The Morgan fingerprint density at radius 2 is 2.12 bits per heavy atom. The average Bonchev–Trinajstić information content (AvgIpc) is 3.35. The smallest absolute Gasteiger partial charge is 0.244 e. The van der Waals surface area contributed by atoms with Gasteiger partial charge in [0.1, 0.15) is 11.8 Å². The first-order valence-electron chi connectivity index (χ1n) is 8.84. The minimum absolute atomic E-state index is 0.0178. The number of carbonyl (C=O) groups is 1. The molecule has 1 amide bonds. The molecule has 3 rings (SSSR count). The highest BCUT2D eigenvalue weighted by Gasteiger charge is 2.25. The van der Waals surface area contributed by atoms with Crippen LogP contribution in [0.2, 0.25) is 0 Å². The van der Waals surface area contributed by atoms with Gasteiger partial charge in [-0.15, -0.1) is 0 Å². The molecule has 1 fully saturated rings. The van der Waals surface area contributed by atoms with Gasteiger partial charge in [0.25, 0.3) is 0 Å². The van der Waals surface area contributed by atoms with Crippen molar-refractivity contribution in [2.24, 2.45) is 0 Å². The van der Waals surface area contributed by atoms with Crippen LogP contribution >= 0.6 is 0 Å². The lowest BCUT2D eigenvalue weighted by molar-refractivity contribution is -0.124. The molecule has 0 aliphatic carbocycles. The fraction of sp³-hybridized carbons (Fsp3) is 0.474. The van der Waals surface area contributed by atoms with Crippen LogP contribution in [0.5, 0.6) is 5.75 Å². The van der Waals surface area contributed by atoms with Gasteiger partial charge in [-0.3, -0.25) is 14.4 Å². The maximum atomic E-state index is 12.5. The van der Waals surface area contributed by atoms with Crippen molar-refractivity contribution < 1.29 is 9.53 Å². The van der Waals surface area contributed by atoms with E-state index in [4.69, 9.17) is 4.74 Å². The molecular formula is C19H26N4O2. The third-order valence-corrected chi connectivity index (χ3v) is 4.83. The van der Waals surface area contributed by atoms with Gasteiger partial charge in [0.05, 0.1) is 13.2 Å². The van der Waals surface area contributed by atoms with Gasteiger partial charge in [-0.25, -0.2) is 0 Å². The number of amides is 1. The number of ether oxygens (including phenoxy) is 1. The summed E-state index contributed by atoms with van der Waals surface area (Å²) < 4.78 is 7.04. The summed E-state index contributed by atoms with van der Waals surface area (Å²) in [5.74, 6) is 0.828. The van der Waals surface area contributed by atoms with Crippen LogP contribution in [0, 0.1) is 0 Å². The van der Waals surface area contributed by atoms with Crippen molar-refractivity contribution in [3.05, 3.63) is 48.3 Å². The van der Waals surface area contributed by atoms with Crippen LogP contribution in [-0.2, 0) is 4.79 Å². The van der Waals surface area contributed by atoms with E-state index >= 15 is 0 Å². The second-order valence-corrected chi connectivity index (χ2v) is 6.44. The second kappa shape index (κ2) is 8.16. The van der Waals surface area contributed by atoms with Gasteiger partial charge in [0.2, 0.25) is 5.91 Å². The summed E-state index contributed by atoms with van der Waals surface area (Å²) in [6.07, 6.45) is 5.91. The Balaban J connectivity index is 1.70. The molecule has 1 aromatic carbocycles. The number of carbonyl (C=O) groups excluding carboxylic acids is 1. The van der Waals surface area contributed by atoms with E-state index in [1.807, 2.05) is 31.3 Å². The summed E-state index contributed by atoms with van der Waals surface area (Å²) in [6.45, 7) is 4.56. The van der Waals surface area contributed by atoms with Crippen molar-refractivity contribution in [3.8, 4) is 5.75 Å². The molecule has 0 unspecified atom stereocenters. The van der Waals surface area contributed by atoms with E-state index in [1.165, 1.54) is 18.4 Å². The first-order chi connectivity index (χ1) is 12.2. The molecule has 6 heteroatoms. The number of hydrogen-bond acceptors (Lipinski definition) is 4. The molecule has 1 saturated heterocycles. The molecule has 6 nitrogen and oxygen atoms in total. The summed E-state index contributed by atoms with van der Waals surface area (Å²) in [4.78, 5) is 14.9. The number of nitrogens with zero attached hydrogens (tertiary/aromatic N) is 3. The molecule has 1 N–H and O–H groups in total. The normalized spacial score (nSPS) is 17.2. The molecule has 25 heavy (non-hydrogen) atoms. The summed E-state index contributed by atoms with van der Waals surface area (Å²) >= 11 is 0. The minimum Gasteiger partial charge on any atom is -0.497 e. The lowest BCUT2D eigenvalue weighted by Gasteiger charge is -2.29. The quantitative estimate of drug-likeness (QED) is 0.839. The van der Waals surface area contributed by atoms with Crippen molar-refractivity contribution in [2.75, 3.05) is 26.7 Å². The van der Waals surface area contributed by atoms with Crippen LogP contribution in [0.3, 0.4) is 0 Å². The van der Waals surface area contributed by atoms with Crippen LogP contribution in [0.25, 0.3) is 0 Å².